The Kier molecular flexibility index (Phi) is 4.31. The second-order valence-corrected chi connectivity index (χ2v) is 6.44. The zero-order chi connectivity index (χ0) is 13.9. The first-order valence-electron chi connectivity index (χ1n) is 6.90. The fourth-order valence-electron chi connectivity index (χ4n) is 2.07. The van der Waals surface area contributed by atoms with Crippen LogP contribution in [0.5, 0.6) is 5.75 Å². The number of aryl methyl sites for hydroxylation is 1. The van der Waals surface area contributed by atoms with Gasteiger partial charge in [0, 0.05) is 15.2 Å². The van der Waals surface area contributed by atoms with E-state index in [4.69, 9.17) is 9.15 Å². The second kappa shape index (κ2) is 6.18. The van der Waals surface area contributed by atoms with Crippen molar-refractivity contribution < 1.29 is 9.15 Å². The molecule has 1 aliphatic rings. The van der Waals surface area contributed by atoms with E-state index >= 15 is 0 Å². The van der Waals surface area contributed by atoms with Crippen molar-refractivity contribution >= 4 is 22.6 Å². The molecule has 0 aliphatic heterocycles. The van der Waals surface area contributed by atoms with Crippen LogP contribution in [0.25, 0.3) is 0 Å². The Morgan fingerprint density at radius 2 is 2.20 bits per heavy atom. The lowest BCUT2D eigenvalue weighted by Gasteiger charge is -2.05. The maximum atomic E-state index is 5.82. The minimum absolute atomic E-state index is 0.554. The number of halogens is 1. The second-order valence-electron chi connectivity index (χ2n) is 5.20. The van der Waals surface area contributed by atoms with Crippen molar-refractivity contribution in [1.82, 2.24) is 5.32 Å². The van der Waals surface area contributed by atoms with Crippen molar-refractivity contribution in [3.8, 4) is 5.75 Å². The number of hydrogen-bond donors (Lipinski definition) is 1. The average molecular weight is 383 g/mol. The monoisotopic (exact) mass is 383 g/mol. The Labute approximate surface area is 132 Å². The van der Waals surface area contributed by atoms with E-state index in [0.717, 1.165) is 29.4 Å². The van der Waals surface area contributed by atoms with Crippen LogP contribution < -0.4 is 10.1 Å². The Hall–Kier alpha value is -1.01. The van der Waals surface area contributed by atoms with E-state index in [1.54, 1.807) is 0 Å². The third-order valence-electron chi connectivity index (χ3n) is 3.40. The molecule has 106 valence electrons. The summed E-state index contributed by atoms with van der Waals surface area (Å²) in [6, 6.07) is 10.9. The Morgan fingerprint density at radius 1 is 1.35 bits per heavy atom. The Balaban J connectivity index is 1.58. The van der Waals surface area contributed by atoms with Crippen LogP contribution in [-0.2, 0) is 13.2 Å². The lowest BCUT2D eigenvalue weighted by atomic mass is 10.2. The molecule has 4 heteroatoms. The van der Waals surface area contributed by atoms with Crippen LogP contribution >= 0.6 is 22.6 Å². The number of furan rings is 1. The summed E-state index contributed by atoms with van der Waals surface area (Å²) >= 11 is 2.29. The zero-order valence-electron chi connectivity index (χ0n) is 11.5. The van der Waals surface area contributed by atoms with E-state index in [-0.39, 0.29) is 0 Å². The molecule has 2 aromatic rings. The molecule has 1 aliphatic carbocycles. The van der Waals surface area contributed by atoms with Gasteiger partial charge in [-0.05, 0) is 66.6 Å². The molecular formula is C16H18INO2. The first-order valence-corrected chi connectivity index (χ1v) is 7.98. The van der Waals surface area contributed by atoms with Gasteiger partial charge in [-0.15, -0.1) is 0 Å². The molecule has 1 heterocycles. The first kappa shape index (κ1) is 13.9. The Bertz CT molecular complexity index is 590. The minimum atomic E-state index is 0.554. The van der Waals surface area contributed by atoms with Crippen LogP contribution in [0.4, 0.5) is 0 Å². The molecule has 0 unspecified atom stereocenters. The van der Waals surface area contributed by atoms with Crippen LogP contribution in [0.1, 0.15) is 29.9 Å². The molecule has 1 aromatic heterocycles. The molecule has 3 nitrogen and oxygen atoms in total. The van der Waals surface area contributed by atoms with Gasteiger partial charge >= 0.3 is 0 Å². The highest BCUT2D eigenvalue weighted by Crippen LogP contribution is 2.22. The number of rotatable bonds is 6. The summed E-state index contributed by atoms with van der Waals surface area (Å²) in [6.45, 7) is 3.36. The van der Waals surface area contributed by atoms with Gasteiger partial charge in [0.15, 0.2) is 0 Å². The third-order valence-corrected chi connectivity index (χ3v) is 4.08. The molecule has 0 spiro atoms. The van der Waals surface area contributed by atoms with Crippen molar-refractivity contribution in [3.63, 3.8) is 0 Å². The van der Waals surface area contributed by atoms with Gasteiger partial charge in [-0.3, -0.25) is 0 Å². The van der Waals surface area contributed by atoms with Gasteiger partial charge in [0.25, 0.3) is 0 Å². The highest BCUT2D eigenvalue weighted by molar-refractivity contribution is 14.1. The summed E-state index contributed by atoms with van der Waals surface area (Å²) in [5.41, 5.74) is 1.12. The molecule has 0 saturated heterocycles. The van der Waals surface area contributed by atoms with E-state index in [2.05, 4.69) is 40.0 Å². The van der Waals surface area contributed by atoms with Crippen LogP contribution in [-0.4, -0.2) is 6.04 Å². The first-order chi connectivity index (χ1) is 9.70. The smallest absolute Gasteiger partial charge is 0.120 e. The average Bonchev–Trinajstić information content (AvgIpc) is 3.18. The van der Waals surface area contributed by atoms with Gasteiger partial charge in [-0.25, -0.2) is 0 Å². The van der Waals surface area contributed by atoms with Crippen molar-refractivity contribution in [2.45, 2.75) is 39.0 Å². The zero-order valence-corrected chi connectivity index (χ0v) is 13.6. The molecule has 0 atom stereocenters. The molecule has 20 heavy (non-hydrogen) atoms. The summed E-state index contributed by atoms with van der Waals surface area (Å²) in [5.74, 6) is 2.84. The van der Waals surface area contributed by atoms with Gasteiger partial charge in [0.05, 0.1) is 6.54 Å². The van der Waals surface area contributed by atoms with Crippen molar-refractivity contribution in [2.75, 3.05) is 0 Å². The molecule has 1 N–H and O–H groups in total. The van der Waals surface area contributed by atoms with Crippen LogP contribution in [0, 0.1) is 10.5 Å². The summed E-state index contributed by atoms with van der Waals surface area (Å²) < 4.78 is 12.8. The molecule has 1 aromatic carbocycles. The standard InChI is InChI=1S/C16H18INO2/c1-11-12(7-16(20-11)9-18-14-5-6-14)10-19-15-4-2-3-13(17)8-15/h2-4,7-8,14,18H,5-6,9-10H2,1H3. The van der Waals surface area contributed by atoms with E-state index < -0.39 is 0 Å². The van der Waals surface area contributed by atoms with Gasteiger partial charge in [0.1, 0.15) is 23.9 Å². The molecule has 1 fully saturated rings. The summed E-state index contributed by atoms with van der Waals surface area (Å²) in [7, 11) is 0. The molecule has 1 saturated carbocycles. The molecule has 0 amide bonds. The summed E-state index contributed by atoms with van der Waals surface area (Å²) in [5, 5.41) is 3.46. The molecule has 0 bridgehead atoms. The maximum Gasteiger partial charge on any atom is 0.120 e. The largest absolute Gasteiger partial charge is 0.489 e. The van der Waals surface area contributed by atoms with Crippen molar-refractivity contribution in [1.29, 1.82) is 0 Å². The van der Waals surface area contributed by atoms with E-state index in [1.165, 1.54) is 16.4 Å². The number of hydrogen-bond acceptors (Lipinski definition) is 3. The number of benzene rings is 1. The van der Waals surface area contributed by atoms with Gasteiger partial charge in [-0.2, -0.15) is 0 Å². The predicted molar refractivity (Wildman–Crippen MR) is 86.8 cm³/mol. The van der Waals surface area contributed by atoms with E-state index in [9.17, 15) is 0 Å². The van der Waals surface area contributed by atoms with Gasteiger partial charge in [-0.1, -0.05) is 6.07 Å². The third kappa shape index (κ3) is 3.76. The van der Waals surface area contributed by atoms with Crippen LogP contribution in [0.15, 0.2) is 34.7 Å². The van der Waals surface area contributed by atoms with Crippen molar-refractivity contribution in [2.24, 2.45) is 0 Å². The molecular weight excluding hydrogens is 365 g/mol. The van der Waals surface area contributed by atoms with E-state index in [0.29, 0.717) is 12.6 Å². The predicted octanol–water partition coefficient (Wildman–Crippen LogP) is 4.02. The minimum Gasteiger partial charge on any atom is -0.489 e. The maximum absolute atomic E-state index is 5.82. The SMILES string of the molecule is Cc1oc(CNC2CC2)cc1COc1cccc(I)c1. The van der Waals surface area contributed by atoms with Gasteiger partial charge < -0.3 is 14.5 Å². The highest BCUT2D eigenvalue weighted by Gasteiger charge is 2.20. The Morgan fingerprint density at radius 3 is 2.95 bits per heavy atom. The van der Waals surface area contributed by atoms with E-state index in [1.807, 2.05) is 25.1 Å². The lowest BCUT2D eigenvalue weighted by molar-refractivity contribution is 0.302. The molecule has 0 radical (unpaired) electrons. The topological polar surface area (TPSA) is 34.4 Å². The van der Waals surface area contributed by atoms with Crippen molar-refractivity contribution in [3.05, 3.63) is 51.0 Å². The summed E-state index contributed by atoms with van der Waals surface area (Å²) in [4.78, 5) is 0. The van der Waals surface area contributed by atoms with Gasteiger partial charge in [0.2, 0.25) is 0 Å². The number of ether oxygens (including phenoxy) is 1. The van der Waals surface area contributed by atoms with Crippen LogP contribution in [0.2, 0.25) is 0 Å². The summed E-state index contributed by atoms with van der Waals surface area (Å²) in [6.07, 6.45) is 2.59. The molecule has 3 rings (SSSR count). The quantitative estimate of drug-likeness (QED) is 0.766. The number of nitrogens with one attached hydrogen (secondary N) is 1. The highest BCUT2D eigenvalue weighted by atomic mass is 127. The fourth-order valence-corrected chi connectivity index (χ4v) is 2.58. The van der Waals surface area contributed by atoms with Crippen LogP contribution in [0.3, 0.4) is 0 Å². The fraction of sp³-hybridized carbons (Fsp3) is 0.375. The normalized spacial score (nSPS) is 14.5. The lowest BCUT2D eigenvalue weighted by Crippen LogP contribution is -2.14.